The number of hydrogen-bond acceptors (Lipinski definition) is 4. The first-order chi connectivity index (χ1) is 20.0. The van der Waals surface area contributed by atoms with Gasteiger partial charge in [-0.2, -0.15) is 0 Å². The topological polar surface area (TPSA) is 86.8 Å². The largest absolute Gasteiger partial charge is 0.352 e. The monoisotopic (exact) mass is 649 g/mol. The molecule has 1 aliphatic carbocycles. The lowest BCUT2D eigenvalue weighted by Crippen LogP contribution is -2.53. The lowest BCUT2D eigenvalue weighted by Gasteiger charge is -2.33. The molecule has 0 aliphatic heterocycles. The quantitative estimate of drug-likeness (QED) is 0.256. The molecular formula is C31H34Cl3N3O4S. The Morgan fingerprint density at radius 2 is 1.60 bits per heavy atom. The van der Waals surface area contributed by atoms with Crippen LogP contribution >= 0.6 is 34.8 Å². The normalized spacial score (nSPS) is 14.7. The van der Waals surface area contributed by atoms with Crippen LogP contribution in [0.4, 0.5) is 5.69 Å². The number of carbonyl (C=O) groups excluding carboxylic acids is 2. The summed E-state index contributed by atoms with van der Waals surface area (Å²) in [6.07, 6.45) is 4.97. The van der Waals surface area contributed by atoms with Gasteiger partial charge in [-0.3, -0.25) is 13.9 Å². The third kappa shape index (κ3) is 7.98. The lowest BCUT2D eigenvalue weighted by molar-refractivity contribution is -0.139. The first-order valence-electron chi connectivity index (χ1n) is 13.8. The van der Waals surface area contributed by atoms with Crippen molar-refractivity contribution in [1.29, 1.82) is 0 Å². The molecule has 0 saturated heterocycles. The minimum absolute atomic E-state index is 0.0243. The molecule has 0 radical (unpaired) electrons. The second-order valence-electron chi connectivity index (χ2n) is 10.6. The van der Waals surface area contributed by atoms with Crippen LogP contribution in [0.1, 0.15) is 50.2 Å². The van der Waals surface area contributed by atoms with Crippen molar-refractivity contribution in [2.45, 2.75) is 69.5 Å². The SMILES string of the molecule is Cc1ccc(S(=O)(=O)N(CC(=O)N(Cc2ccc(Cl)cc2Cl)[C@@H](C)C(=O)NC2CCCCC2)c2cccc(Cl)c2)cc1. The number of rotatable bonds is 10. The molecule has 42 heavy (non-hydrogen) atoms. The molecular weight excluding hydrogens is 617 g/mol. The van der Waals surface area contributed by atoms with Gasteiger partial charge in [0.15, 0.2) is 0 Å². The fourth-order valence-electron chi connectivity index (χ4n) is 4.98. The summed E-state index contributed by atoms with van der Waals surface area (Å²) in [7, 11) is -4.19. The van der Waals surface area contributed by atoms with Crippen molar-refractivity contribution in [2.75, 3.05) is 10.8 Å². The Morgan fingerprint density at radius 1 is 0.929 bits per heavy atom. The smallest absolute Gasteiger partial charge is 0.264 e. The molecule has 1 fully saturated rings. The summed E-state index contributed by atoms with van der Waals surface area (Å²) < 4.78 is 28.9. The van der Waals surface area contributed by atoms with Gasteiger partial charge in [0.1, 0.15) is 12.6 Å². The summed E-state index contributed by atoms with van der Waals surface area (Å²) in [6.45, 7) is 2.90. The van der Waals surface area contributed by atoms with Crippen LogP contribution < -0.4 is 9.62 Å². The van der Waals surface area contributed by atoms with Gasteiger partial charge in [-0.15, -0.1) is 0 Å². The van der Waals surface area contributed by atoms with Gasteiger partial charge < -0.3 is 10.2 Å². The predicted octanol–water partition coefficient (Wildman–Crippen LogP) is 7.02. The molecule has 1 aliphatic rings. The number of carbonyl (C=O) groups is 2. The number of aryl methyl sites for hydroxylation is 1. The van der Waals surface area contributed by atoms with Gasteiger partial charge in [0, 0.05) is 27.7 Å². The van der Waals surface area contributed by atoms with Crippen molar-refractivity contribution in [1.82, 2.24) is 10.2 Å². The summed E-state index contributed by atoms with van der Waals surface area (Å²) in [6, 6.07) is 16.7. The van der Waals surface area contributed by atoms with E-state index in [0.29, 0.717) is 20.6 Å². The number of benzene rings is 3. The van der Waals surface area contributed by atoms with E-state index in [9.17, 15) is 18.0 Å². The highest BCUT2D eigenvalue weighted by atomic mass is 35.5. The van der Waals surface area contributed by atoms with E-state index in [0.717, 1.165) is 42.0 Å². The lowest BCUT2D eigenvalue weighted by atomic mass is 9.95. The van der Waals surface area contributed by atoms with Crippen LogP contribution in [0.15, 0.2) is 71.6 Å². The van der Waals surface area contributed by atoms with E-state index in [1.165, 1.54) is 23.1 Å². The summed E-state index contributed by atoms with van der Waals surface area (Å²) in [4.78, 5) is 28.9. The minimum atomic E-state index is -4.19. The molecule has 11 heteroatoms. The van der Waals surface area contributed by atoms with Crippen molar-refractivity contribution in [3.63, 3.8) is 0 Å². The molecule has 224 valence electrons. The van der Waals surface area contributed by atoms with E-state index in [4.69, 9.17) is 34.8 Å². The number of anilines is 1. The fraction of sp³-hybridized carbons (Fsp3) is 0.355. The van der Waals surface area contributed by atoms with Crippen LogP contribution in [0, 0.1) is 6.92 Å². The zero-order valence-corrected chi connectivity index (χ0v) is 26.6. The molecule has 2 amide bonds. The van der Waals surface area contributed by atoms with E-state index in [1.807, 2.05) is 6.92 Å². The average Bonchev–Trinajstić information content (AvgIpc) is 2.95. The van der Waals surface area contributed by atoms with Gasteiger partial charge >= 0.3 is 0 Å². The van der Waals surface area contributed by atoms with E-state index >= 15 is 0 Å². The first kappa shape index (κ1) is 32.1. The van der Waals surface area contributed by atoms with Gasteiger partial charge in [-0.25, -0.2) is 8.42 Å². The average molecular weight is 651 g/mol. The van der Waals surface area contributed by atoms with Gasteiger partial charge in [-0.05, 0) is 74.7 Å². The number of halogens is 3. The van der Waals surface area contributed by atoms with Crippen molar-refractivity contribution in [3.05, 3.63) is 92.9 Å². The maximum atomic E-state index is 14.1. The minimum Gasteiger partial charge on any atom is -0.352 e. The van der Waals surface area contributed by atoms with Crippen molar-refractivity contribution in [2.24, 2.45) is 0 Å². The molecule has 0 unspecified atom stereocenters. The van der Waals surface area contributed by atoms with E-state index in [-0.39, 0.29) is 29.1 Å². The maximum Gasteiger partial charge on any atom is 0.264 e. The van der Waals surface area contributed by atoms with Gasteiger partial charge in [0.2, 0.25) is 11.8 Å². The number of nitrogens with zero attached hydrogens (tertiary/aromatic N) is 2. The highest BCUT2D eigenvalue weighted by Crippen LogP contribution is 2.28. The predicted molar refractivity (Wildman–Crippen MR) is 169 cm³/mol. The third-order valence-electron chi connectivity index (χ3n) is 7.46. The molecule has 1 saturated carbocycles. The molecule has 0 bridgehead atoms. The molecule has 0 heterocycles. The molecule has 0 aromatic heterocycles. The van der Waals surface area contributed by atoms with Crippen LogP contribution in [0.2, 0.25) is 15.1 Å². The Hall–Kier alpha value is -2.78. The highest BCUT2D eigenvalue weighted by molar-refractivity contribution is 7.92. The maximum absolute atomic E-state index is 14.1. The number of amides is 2. The van der Waals surface area contributed by atoms with Crippen LogP contribution in [-0.2, 0) is 26.2 Å². The summed E-state index contributed by atoms with van der Waals surface area (Å²) in [5.41, 5.74) is 1.69. The second kappa shape index (κ2) is 14.1. The van der Waals surface area contributed by atoms with Crippen molar-refractivity contribution in [3.8, 4) is 0 Å². The standard InChI is InChI=1S/C31H34Cl3N3O4S/c1-21-11-15-28(16-12-21)42(40,41)37(27-10-6-7-24(32)17-27)20-30(38)36(19-23-13-14-25(33)18-29(23)34)22(2)31(39)35-26-8-4-3-5-9-26/h6-7,10-18,22,26H,3-5,8-9,19-20H2,1-2H3,(H,35,39)/t22-/m0/s1. The van der Waals surface area contributed by atoms with E-state index < -0.39 is 28.5 Å². The Kier molecular flexibility index (Phi) is 10.8. The number of sulfonamides is 1. The van der Waals surface area contributed by atoms with Crippen molar-refractivity contribution < 1.29 is 18.0 Å². The van der Waals surface area contributed by atoms with E-state index in [2.05, 4.69) is 5.32 Å². The molecule has 3 aromatic rings. The molecule has 0 spiro atoms. The Labute approximate surface area is 262 Å². The molecule has 7 nitrogen and oxygen atoms in total. The molecule has 4 rings (SSSR count). The van der Waals surface area contributed by atoms with Crippen LogP contribution in [0.5, 0.6) is 0 Å². The van der Waals surface area contributed by atoms with Gasteiger partial charge in [0.05, 0.1) is 10.6 Å². The number of nitrogens with one attached hydrogen (secondary N) is 1. The van der Waals surface area contributed by atoms with Gasteiger partial charge in [0.25, 0.3) is 10.0 Å². The number of hydrogen-bond donors (Lipinski definition) is 1. The Bertz CT molecular complexity index is 1530. The first-order valence-corrected chi connectivity index (χ1v) is 16.4. The Morgan fingerprint density at radius 3 is 2.24 bits per heavy atom. The highest BCUT2D eigenvalue weighted by Gasteiger charge is 2.33. The summed E-state index contributed by atoms with van der Waals surface area (Å²) in [5, 5.41) is 4.16. The van der Waals surface area contributed by atoms with Gasteiger partial charge in [-0.1, -0.05) is 83.9 Å². The van der Waals surface area contributed by atoms with Crippen LogP contribution in [-0.4, -0.2) is 43.8 Å². The second-order valence-corrected chi connectivity index (χ2v) is 13.7. The zero-order valence-electron chi connectivity index (χ0n) is 23.5. The molecule has 3 aromatic carbocycles. The summed E-state index contributed by atoms with van der Waals surface area (Å²) >= 11 is 18.8. The van der Waals surface area contributed by atoms with Crippen LogP contribution in [0.25, 0.3) is 0 Å². The third-order valence-corrected chi connectivity index (χ3v) is 10.1. The summed E-state index contributed by atoms with van der Waals surface area (Å²) in [5.74, 6) is -0.890. The molecule has 1 N–H and O–H groups in total. The van der Waals surface area contributed by atoms with E-state index in [1.54, 1.807) is 55.5 Å². The molecule has 1 atom stereocenters. The Balaban J connectivity index is 1.69. The fourth-order valence-corrected chi connectivity index (χ4v) is 7.04. The van der Waals surface area contributed by atoms with Crippen LogP contribution in [0.3, 0.4) is 0 Å². The zero-order chi connectivity index (χ0) is 30.4. The van der Waals surface area contributed by atoms with Crippen molar-refractivity contribution >= 4 is 62.3 Å².